The lowest BCUT2D eigenvalue weighted by Crippen LogP contribution is -2.36. The average molecular weight is 564 g/mol. The normalized spacial score (nSPS) is 14.9. The molecule has 2 aromatic rings. The first-order valence-electron chi connectivity index (χ1n) is 7.67. The van der Waals surface area contributed by atoms with E-state index < -0.39 is 68.1 Å². The predicted molar refractivity (Wildman–Crippen MR) is 111 cm³/mol. The van der Waals surface area contributed by atoms with E-state index in [2.05, 4.69) is 10.4 Å². The van der Waals surface area contributed by atoms with Crippen molar-refractivity contribution in [1.82, 2.24) is 9.78 Å². The molecule has 0 fully saturated rings. The van der Waals surface area contributed by atoms with Crippen LogP contribution in [0.1, 0.15) is 5.69 Å². The van der Waals surface area contributed by atoms with E-state index in [0.717, 1.165) is 7.05 Å². The zero-order valence-electron chi connectivity index (χ0n) is 15.9. The Kier molecular flexibility index (Phi) is 5.74. The number of nitrogens with one attached hydrogen (secondary N) is 1. The second-order valence-corrected chi connectivity index (χ2v) is 13.4. The van der Waals surface area contributed by atoms with Crippen molar-refractivity contribution in [2.24, 2.45) is 0 Å². The van der Waals surface area contributed by atoms with E-state index in [1.165, 1.54) is 6.07 Å². The molecule has 0 saturated carbocycles. The minimum absolute atomic E-state index is 0.123. The molecule has 0 aliphatic carbocycles. The summed E-state index contributed by atoms with van der Waals surface area (Å²) in [5.41, 5.74) is -2.29. The van der Waals surface area contributed by atoms with Crippen LogP contribution in [0.3, 0.4) is 0 Å². The summed E-state index contributed by atoms with van der Waals surface area (Å²) in [6.07, 6.45) is 1.02. The molecule has 1 aromatic heterocycles. The molecule has 32 heavy (non-hydrogen) atoms. The lowest BCUT2D eigenvalue weighted by molar-refractivity contribution is 0.364. The van der Waals surface area contributed by atoms with Crippen molar-refractivity contribution >= 4 is 65.0 Å². The molecule has 0 spiro atoms. The van der Waals surface area contributed by atoms with Crippen LogP contribution in [0.5, 0.6) is 0 Å². The molecule has 0 radical (unpaired) electrons. The highest BCUT2D eigenvalue weighted by Crippen LogP contribution is 3.02. The molecule has 2 rings (SSSR count). The quantitative estimate of drug-likeness (QED) is 0.513. The smallest absolute Gasteiger partial charge is 0.310 e. The van der Waals surface area contributed by atoms with Gasteiger partial charge in [0.1, 0.15) is 22.3 Å². The van der Waals surface area contributed by atoms with Crippen LogP contribution in [0.15, 0.2) is 17.0 Å². The Labute approximate surface area is 189 Å². The van der Waals surface area contributed by atoms with Crippen molar-refractivity contribution < 1.29 is 36.3 Å². The van der Waals surface area contributed by atoms with E-state index in [-0.39, 0.29) is 15.8 Å². The van der Waals surface area contributed by atoms with Crippen molar-refractivity contribution in [2.45, 2.75) is 4.90 Å². The first-order valence-corrected chi connectivity index (χ1v) is 14.1. The fourth-order valence-electron chi connectivity index (χ4n) is 2.59. The monoisotopic (exact) mass is 563 g/mol. The second kappa shape index (κ2) is 7.00. The molecule has 0 atom stereocenters. The summed E-state index contributed by atoms with van der Waals surface area (Å²) >= 11 is 11.5. The zero-order valence-corrected chi connectivity index (χ0v) is 19.9. The largest absolute Gasteiger partial charge is 0.371 e. The van der Waals surface area contributed by atoms with E-state index in [1.54, 1.807) is 0 Å². The Morgan fingerprint density at radius 3 is 1.81 bits per heavy atom. The Hall–Kier alpha value is -2.00. The molecule has 0 aliphatic rings. The van der Waals surface area contributed by atoms with Crippen LogP contribution in [-0.4, -0.2) is 46.2 Å². The van der Waals surface area contributed by atoms with Crippen molar-refractivity contribution in [3.8, 4) is 11.8 Å². The summed E-state index contributed by atoms with van der Waals surface area (Å²) in [5, 5.41) is 13.4. The van der Waals surface area contributed by atoms with Gasteiger partial charge in [0.05, 0.1) is 22.6 Å². The van der Waals surface area contributed by atoms with Crippen molar-refractivity contribution in [1.29, 1.82) is 5.26 Å². The van der Waals surface area contributed by atoms with Crippen LogP contribution in [0.2, 0.25) is 10.0 Å². The molecule has 0 aliphatic heterocycles. The minimum atomic E-state index is -10.2. The maximum atomic E-state index is 13.1. The topological polar surface area (TPSA) is 125 Å². The van der Waals surface area contributed by atoms with Gasteiger partial charge >= 0.3 is 10.2 Å². The number of sulfonamides is 2. The number of aromatic nitrogens is 2. The lowest BCUT2D eigenvalue weighted by atomic mass is 10.3. The van der Waals surface area contributed by atoms with Crippen molar-refractivity contribution in [3.63, 3.8) is 0 Å². The fraction of sp³-hybridized carbons (Fsp3) is 0.231. The van der Waals surface area contributed by atoms with Crippen LogP contribution in [0.4, 0.5) is 30.9 Å². The second-order valence-electron chi connectivity index (χ2n) is 6.25. The van der Waals surface area contributed by atoms with Gasteiger partial charge in [-0.15, -0.1) is 0 Å². The molecule has 0 saturated heterocycles. The highest BCUT2D eigenvalue weighted by Gasteiger charge is 2.65. The number of nitrogens with zero attached hydrogens (tertiary/aromatic N) is 4. The van der Waals surface area contributed by atoms with Gasteiger partial charge < -0.3 is 5.32 Å². The van der Waals surface area contributed by atoms with E-state index in [0.29, 0.717) is 17.2 Å². The molecule has 19 heteroatoms. The molecule has 1 N–H and O–H groups in total. The minimum Gasteiger partial charge on any atom is -0.371 e. The molecular formula is C13H12Cl2F5N5O4S3. The Morgan fingerprint density at radius 2 is 1.50 bits per heavy atom. The van der Waals surface area contributed by atoms with Crippen LogP contribution in [-0.2, 0) is 20.0 Å². The molecular weight excluding hydrogens is 552 g/mol. The number of anilines is 2. The van der Waals surface area contributed by atoms with E-state index in [9.17, 15) is 41.5 Å². The van der Waals surface area contributed by atoms with Crippen LogP contribution in [0.25, 0.3) is 5.69 Å². The molecule has 0 bridgehead atoms. The van der Waals surface area contributed by atoms with Crippen molar-refractivity contribution in [2.75, 3.05) is 28.6 Å². The highest BCUT2D eigenvalue weighted by atomic mass is 35.5. The maximum absolute atomic E-state index is 13.1. The van der Waals surface area contributed by atoms with Gasteiger partial charge in [0.25, 0.3) is 0 Å². The summed E-state index contributed by atoms with van der Waals surface area (Å²) in [6, 6.07) is 1.20. The van der Waals surface area contributed by atoms with Gasteiger partial charge in [0.15, 0.2) is 11.5 Å². The SMILES string of the molecule is CNc1c(N(S(C)(=O)=O)S(C)(=O)=O)c(C#N)nn1-c1c(Cl)cc(S(F)(F)(F)(F)F)cc1Cl. The third kappa shape index (κ3) is 4.98. The van der Waals surface area contributed by atoms with Gasteiger partial charge in [0, 0.05) is 7.05 Å². The summed E-state index contributed by atoms with van der Waals surface area (Å²) in [4.78, 5) is -2.41. The Bertz CT molecular complexity index is 1330. The highest BCUT2D eigenvalue weighted by molar-refractivity contribution is 8.45. The molecule has 0 unspecified atom stereocenters. The summed E-state index contributed by atoms with van der Waals surface area (Å²) in [7, 11) is -18.2. The number of nitriles is 1. The number of halogens is 7. The third-order valence-corrected chi connectivity index (χ3v) is 8.53. The van der Waals surface area contributed by atoms with Gasteiger partial charge in [-0.3, -0.25) is 0 Å². The van der Waals surface area contributed by atoms with Gasteiger partial charge in [0.2, 0.25) is 20.0 Å². The first-order chi connectivity index (χ1) is 14.0. The standard InChI is InChI=1S/C13H12Cl2F5N5O4S3/c1-22-13-12(25(30(2,26)27)31(3,28)29)10(6-21)23-24(13)11-8(14)4-7(5-9(11)15)32(16,17,18,19)20/h4-5,22H,1-3H3. The molecule has 1 aromatic carbocycles. The third-order valence-electron chi connectivity index (χ3n) is 3.64. The fourth-order valence-corrected chi connectivity index (χ4v) is 7.02. The van der Waals surface area contributed by atoms with Gasteiger partial charge in [-0.05, 0) is 12.1 Å². The van der Waals surface area contributed by atoms with Gasteiger partial charge in [-0.1, -0.05) is 42.6 Å². The maximum Gasteiger partial charge on any atom is 0.310 e. The Balaban J connectivity index is 3.00. The molecule has 9 nitrogen and oxygen atoms in total. The van der Waals surface area contributed by atoms with Crippen LogP contribution in [0, 0.1) is 11.3 Å². The molecule has 0 amide bonds. The van der Waals surface area contributed by atoms with E-state index in [1.807, 2.05) is 0 Å². The summed E-state index contributed by atoms with van der Waals surface area (Å²) in [6.45, 7) is 0. The van der Waals surface area contributed by atoms with Gasteiger partial charge in [-0.2, -0.15) is 14.1 Å². The van der Waals surface area contributed by atoms with Gasteiger partial charge in [-0.25, -0.2) is 21.5 Å². The number of rotatable bonds is 6. The number of benzene rings is 1. The molecule has 180 valence electrons. The van der Waals surface area contributed by atoms with Crippen LogP contribution >= 0.6 is 33.4 Å². The van der Waals surface area contributed by atoms with E-state index >= 15 is 0 Å². The zero-order chi connectivity index (χ0) is 25.1. The lowest BCUT2D eigenvalue weighted by Gasteiger charge is -2.40. The van der Waals surface area contributed by atoms with Crippen LogP contribution < -0.4 is 9.03 Å². The average Bonchev–Trinajstić information content (AvgIpc) is 2.87. The first kappa shape index (κ1) is 26.3. The number of hydrogen-bond donors (Lipinski definition) is 1. The number of hydrogen-bond acceptors (Lipinski definition) is 7. The van der Waals surface area contributed by atoms with Crippen molar-refractivity contribution in [3.05, 3.63) is 27.9 Å². The Morgan fingerprint density at radius 1 is 1.06 bits per heavy atom. The molecule has 1 heterocycles. The summed E-state index contributed by atoms with van der Waals surface area (Å²) in [5.74, 6) is -0.554. The predicted octanol–water partition coefficient (Wildman–Crippen LogP) is 4.48. The van der Waals surface area contributed by atoms with E-state index in [4.69, 9.17) is 23.2 Å². The summed E-state index contributed by atoms with van der Waals surface area (Å²) < 4.78 is 115.